The summed E-state index contributed by atoms with van der Waals surface area (Å²) < 4.78 is 123. The first-order valence-electron chi connectivity index (χ1n) is 10.8. The summed E-state index contributed by atoms with van der Waals surface area (Å²) in [6.45, 7) is -2.05. The van der Waals surface area contributed by atoms with Crippen LogP contribution in [0.4, 0.5) is 45.3 Å². The highest BCUT2D eigenvalue weighted by Crippen LogP contribution is 2.40. The van der Waals surface area contributed by atoms with Gasteiger partial charge in [0, 0.05) is 22.9 Å². The molecule has 14 heteroatoms. The number of anilines is 1. The first-order chi connectivity index (χ1) is 18.1. The fourth-order valence-corrected chi connectivity index (χ4v) is 3.48. The van der Waals surface area contributed by atoms with Crippen LogP contribution in [0.15, 0.2) is 66.9 Å². The molecule has 39 heavy (non-hydrogen) atoms. The number of nitrogens with zero attached hydrogens (tertiary/aromatic N) is 3. The molecule has 0 aliphatic carbocycles. The third-order valence-electron chi connectivity index (χ3n) is 5.23. The first-order valence-corrected chi connectivity index (χ1v) is 10.8. The molecule has 2 aromatic carbocycles. The number of benzene rings is 2. The minimum atomic E-state index is -5.09. The zero-order valence-electron chi connectivity index (χ0n) is 19.3. The molecule has 0 aliphatic rings. The second kappa shape index (κ2) is 10.1. The van der Waals surface area contributed by atoms with Gasteiger partial charge >= 0.3 is 18.5 Å². The molecule has 0 radical (unpaired) electrons. The standard InChI is InChI=1S/C25H15F9N4O/c26-23(27,28)12-39-19-9-14(4-6-17(19)24(29,30)31)18-10-20(25(32,33)34)38-22(37-18)15-3-1-2-13(8-15)16-5-7-21(35)36-11-16/h1-11H,12H2,(H2,35,36). The molecular weight excluding hydrogens is 543 g/mol. The van der Waals surface area contributed by atoms with E-state index in [0.29, 0.717) is 29.3 Å². The highest BCUT2D eigenvalue weighted by molar-refractivity contribution is 5.72. The van der Waals surface area contributed by atoms with Crippen molar-refractivity contribution in [3.8, 4) is 39.5 Å². The molecule has 4 rings (SSSR count). The van der Waals surface area contributed by atoms with Crippen molar-refractivity contribution in [3.05, 3.63) is 78.1 Å². The van der Waals surface area contributed by atoms with Gasteiger partial charge in [0.15, 0.2) is 12.4 Å². The van der Waals surface area contributed by atoms with Gasteiger partial charge in [0.1, 0.15) is 17.3 Å². The van der Waals surface area contributed by atoms with Crippen molar-refractivity contribution in [1.29, 1.82) is 0 Å². The van der Waals surface area contributed by atoms with E-state index in [4.69, 9.17) is 5.73 Å². The molecule has 2 aromatic heterocycles. The number of nitrogens with two attached hydrogens (primary N) is 1. The highest BCUT2D eigenvalue weighted by Gasteiger charge is 2.37. The molecule has 5 nitrogen and oxygen atoms in total. The topological polar surface area (TPSA) is 73.9 Å². The molecule has 204 valence electrons. The van der Waals surface area contributed by atoms with Gasteiger partial charge in [-0.15, -0.1) is 0 Å². The zero-order chi connectivity index (χ0) is 28.6. The van der Waals surface area contributed by atoms with Crippen LogP contribution in [0.2, 0.25) is 0 Å². The van der Waals surface area contributed by atoms with Crippen LogP contribution in [0.25, 0.3) is 33.8 Å². The number of hydrogen-bond acceptors (Lipinski definition) is 5. The Morgan fingerprint density at radius 3 is 2.00 bits per heavy atom. The molecule has 0 spiro atoms. The minimum absolute atomic E-state index is 0.122. The Morgan fingerprint density at radius 1 is 0.692 bits per heavy atom. The Labute approximate surface area is 214 Å². The predicted octanol–water partition coefficient (Wildman–Crippen LogP) is 7.43. The van der Waals surface area contributed by atoms with E-state index < -0.39 is 53.7 Å². The van der Waals surface area contributed by atoms with E-state index >= 15 is 0 Å². The lowest BCUT2D eigenvalue weighted by Gasteiger charge is -2.17. The summed E-state index contributed by atoms with van der Waals surface area (Å²) in [7, 11) is 0. The molecule has 0 atom stereocenters. The number of ether oxygens (including phenoxy) is 1. The predicted molar refractivity (Wildman–Crippen MR) is 122 cm³/mol. The third kappa shape index (κ3) is 6.75. The van der Waals surface area contributed by atoms with E-state index in [1.165, 1.54) is 30.5 Å². The van der Waals surface area contributed by atoms with Gasteiger partial charge in [-0.2, -0.15) is 39.5 Å². The number of halogens is 9. The summed E-state index contributed by atoms with van der Waals surface area (Å²) in [5.74, 6) is -1.40. The number of pyridine rings is 1. The maximum Gasteiger partial charge on any atom is 0.433 e. The fraction of sp³-hybridized carbons (Fsp3) is 0.160. The van der Waals surface area contributed by atoms with E-state index in [2.05, 4.69) is 19.7 Å². The Kier molecular flexibility index (Phi) is 7.15. The van der Waals surface area contributed by atoms with Crippen LogP contribution in [-0.2, 0) is 12.4 Å². The molecule has 0 saturated carbocycles. The monoisotopic (exact) mass is 558 g/mol. The lowest BCUT2D eigenvalue weighted by Crippen LogP contribution is -2.21. The van der Waals surface area contributed by atoms with Crippen molar-refractivity contribution in [2.45, 2.75) is 18.5 Å². The molecule has 0 unspecified atom stereocenters. The van der Waals surface area contributed by atoms with Crippen molar-refractivity contribution < 1.29 is 44.3 Å². The van der Waals surface area contributed by atoms with Gasteiger partial charge < -0.3 is 10.5 Å². The zero-order valence-corrected chi connectivity index (χ0v) is 19.3. The van der Waals surface area contributed by atoms with Gasteiger partial charge in [-0.05, 0) is 42.0 Å². The number of aromatic nitrogens is 3. The van der Waals surface area contributed by atoms with E-state index in [9.17, 15) is 39.5 Å². The number of hydrogen-bond donors (Lipinski definition) is 1. The Hall–Kier alpha value is -4.36. The Balaban J connectivity index is 1.84. The summed E-state index contributed by atoms with van der Waals surface area (Å²) in [5.41, 5.74) is 3.01. The summed E-state index contributed by atoms with van der Waals surface area (Å²) in [6.07, 6.45) is -13.6. The van der Waals surface area contributed by atoms with Crippen LogP contribution in [0.3, 0.4) is 0 Å². The smallest absolute Gasteiger partial charge is 0.433 e. The summed E-state index contributed by atoms with van der Waals surface area (Å²) >= 11 is 0. The van der Waals surface area contributed by atoms with Gasteiger partial charge in [-0.25, -0.2) is 15.0 Å². The van der Waals surface area contributed by atoms with Gasteiger partial charge in [0.2, 0.25) is 0 Å². The van der Waals surface area contributed by atoms with Crippen molar-refractivity contribution in [2.75, 3.05) is 12.3 Å². The Morgan fingerprint density at radius 2 is 1.38 bits per heavy atom. The van der Waals surface area contributed by atoms with Crippen LogP contribution >= 0.6 is 0 Å². The second-order valence-electron chi connectivity index (χ2n) is 8.12. The van der Waals surface area contributed by atoms with Gasteiger partial charge in [0.25, 0.3) is 0 Å². The maximum absolute atomic E-state index is 13.7. The fourth-order valence-electron chi connectivity index (χ4n) is 3.48. The summed E-state index contributed by atoms with van der Waals surface area (Å²) in [6, 6.07) is 11.4. The quantitative estimate of drug-likeness (QED) is 0.258. The van der Waals surface area contributed by atoms with Gasteiger partial charge in [-0.1, -0.05) is 24.3 Å². The molecule has 0 amide bonds. The normalized spacial score (nSPS) is 12.4. The van der Waals surface area contributed by atoms with Crippen molar-refractivity contribution in [1.82, 2.24) is 15.0 Å². The molecule has 4 aromatic rings. The number of alkyl halides is 9. The van der Waals surface area contributed by atoms with Crippen LogP contribution in [0.1, 0.15) is 11.3 Å². The number of rotatable bonds is 5. The van der Waals surface area contributed by atoms with Crippen molar-refractivity contribution in [3.63, 3.8) is 0 Å². The van der Waals surface area contributed by atoms with Gasteiger partial charge in [-0.3, -0.25) is 0 Å². The maximum atomic E-state index is 13.7. The average molecular weight is 558 g/mol. The average Bonchev–Trinajstić information content (AvgIpc) is 2.86. The summed E-state index contributed by atoms with van der Waals surface area (Å²) in [5, 5.41) is 0. The molecule has 0 aliphatic heterocycles. The lowest BCUT2D eigenvalue weighted by atomic mass is 10.0. The van der Waals surface area contributed by atoms with E-state index in [1.807, 2.05) is 0 Å². The van der Waals surface area contributed by atoms with E-state index in [0.717, 1.165) is 6.07 Å². The van der Waals surface area contributed by atoms with E-state index in [1.54, 1.807) is 12.1 Å². The van der Waals surface area contributed by atoms with E-state index in [-0.39, 0.29) is 16.9 Å². The number of nitrogen functional groups attached to an aromatic ring is 1. The molecule has 0 fully saturated rings. The second-order valence-corrected chi connectivity index (χ2v) is 8.12. The third-order valence-corrected chi connectivity index (χ3v) is 5.23. The minimum Gasteiger partial charge on any atom is -0.483 e. The van der Waals surface area contributed by atoms with Crippen LogP contribution in [0.5, 0.6) is 5.75 Å². The first kappa shape index (κ1) is 27.7. The van der Waals surface area contributed by atoms with Crippen molar-refractivity contribution >= 4 is 5.82 Å². The van der Waals surface area contributed by atoms with Crippen LogP contribution in [0, 0.1) is 0 Å². The van der Waals surface area contributed by atoms with Crippen molar-refractivity contribution in [2.24, 2.45) is 0 Å². The van der Waals surface area contributed by atoms with Crippen LogP contribution < -0.4 is 10.5 Å². The van der Waals surface area contributed by atoms with Gasteiger partial charge in [0.05, 0.1) is 11.3 Å². The SMILES string of the molecule is Nc1ccc(-c2cccc(-c3nc(-c4ccc(C(F)(F)F)c(OCC(F)(F)F)c4)cc(C(F)(F)F)n3)c2)cn1. The molecule has 2 heterocycles. The Bertz CT molecular complexity index is 1480. The lowest BCUT2D eigenvalue weighted by molar-refractivity contribution is -0.158. The molecule has 0 bridgehead atoms. The highest BCUT2D eigenvalue weighted by atomic mass is 19.4. The summed E-state index contributed by atoms with van der Waals surface area (Å²) in [4.78, 5) is 11.6. The molecular formula is C25H15F9N4O. The molecule has 0 saturated heterocycles. The largest absolute Gasteiger partial charge is 0.483 e. The van der Waals surface area contributed by atoms with Crippen LogP contribution in [-0.4, -0.2) is 27.7 Å². The molecule has 2 N–H and O–H groups in total.